The molecule has 0 radical (unpaired) electrons. The van der Waals surface area contributed by atoms with Gasteiger partial charge in [0.25, 0.3) is 0 Å². The van der Waals surface area contributed by atoms with Gasteiger partial charge in [-0.25, -0.2) is 9.18 Å². The van der Waals surface area contributed by atoms with Crippen molar-refractivity contribution in [2.24, 2.45) is 7.05 Å². The summed E-state index contributed by atoms with van der Waals surface area (Å²) in [7, 11) is 3.14. The number of hydrogen-bond acceptors (Lipinski definition) is 5. The molecule has 0 aliphatic rings. The highest BCUT2D eigenvalue weighted by Gasteiger charge is 2.27. The summed E-state index contributed by atoms with van der Waals surface area (Å²) < 4.78 is 28.7. The lowest BCUT2D eigenvalue weighted by atomic mass is 9.97. The number of aliphatic hydroxyl groups is 1. The second kappa shape index (κ2) is 10.9. The van der Waals surface area contributed by atoms with Crippen molar-refractivity contribution in [1.29, 1.82) is 0 Å². The number of hydrogen-bond donors (Lipinski definition) is 1. The number of carbonyl (C=O) groups excluding carboxylic acids is 1. The van der Waals surface area contributed by atoms with Crippen molar-refractivity contribution < 1.29 is 23.8 Å². The molecular formula is C31H31ClFN3O4. The molecule has 2 heterocycles. The molecule has 208 valence electrons. The summed E-state index contributed by atoms with van der Waals surface area (Å²) in [5.74, 6) is -0.0515. The summed E-state index contributed by atoms with van der Waals surface area (Å²) in [6.45, 7) is 6.35. The molecule has 5 rings (SSSR count). The fourth-order valence-corrected chi connectivity index (χ4v) is 5.89. The van der Waals surface area contributed by atoms with Crippen LogP contribution in [0.2, 0.25) is 5.02 Å². The van der Waals surface area contributed by atoms with E-state index in [0.29, 0.717) is 41.7 Å². The molecule has 1 N–H and O–H groups in total. The number of aliphatic hydroxyl groups excluding tert-OH is 1. The number of nitrogens with zero attached hydrogens (tertiary/aromatic N) is 3. The Kier molecular flexibility index (Phi) is 7.57. The lowest BCUT2D eigenvalue weighted by molar-refractivity contribution is 0.0587. The predicted molar refractivity (Wildman–Crippen MR) is 155 cm³/mol. The summed E-state index contributed by atoms with van der Waals surface area (Å²) in [6, 6.07) is 12.2. The van der Waals surface area contributed by atoms with Crippen molar-refractivity contribution in [3.8, 4) is 16.9 Å². The van der Waals surface area contributed by atoms with Gasteiger partial charge in [-0.2, -0.15) is 5.10 Å². The summed E-state index contributed by atoms with van der Waals surface area (Å²) >= 11 is 6.77. The Morgan fingerprint density at radius 2 is 1.88 bits per heavy atom. The number of benzene rings is 3. The van der Waals surface area contributed by atoms with Crippen LogP contribution in [0.1, 0.15) is 39.4 Å². The number of carbonyl (C=O) groups is 1. The molecule has 0 atom stereocenters. The highest BCUT2D eigenvalue weighted by molar-refractivity contribution is 6.35. The quantitative estimate of drug-likeness (QED) is 0.169. The van der Waals surface area contributed by atoms with E-state index in [2.05, 4.69) is 5.10 Å². The van der Waals surface area contributed by atoms with Gasteiger partial charge in [-0.1, -0.05) is 17.7 Å². The summed E-state index contributed by atoms with van der Waals surface area (Å²) in [5.41, 5.74) is 5.81. The summed E-state index contributed by atoms with van der Waals surface area (Å²) in [6.07, 6.45) is 0.593. The van der Waals surface area contributed by atoms with E-state index in [0.717, 1.165) is 49.6 Å². The van der Waals surface area contributed by atoms with Gasteiger partial charge >= 0.3 is 5.97 Å². The smallest absolute Gasteiger partial charge is 0.354 e. The lowest BCUT2D eigenvalue weighted by Gasteiger charge is -2.13. The first-order chi connectivity index (χ1) is 19.2. The zero-order valence-electron chi connectivity index (χ0n) is 23.1. The second-order valence-corrected chi connectivity index (χ2v) is 10.4. The topological polar surface area (TPSA) is 78.5 Å². The fourth-order valence-electron chi connectivity index (χ4n) is 5.63. The Bertz CT molecular complexity index is 1770. The molecule has 5 aromatic rings. The molecule has 0 spiro atoms. The highest BCUT2D eigenvalue weighted by Crippen LogP contribution is 2.42. The molecule has 0 unspecified atom stereocenters. The number of rotatable bonds is 8. The Hall–Kier alpha value is -3.88. The summed E-state index contributed by atoms with van der Waals surface area (Å²) in [4.78, 5) is 13.0. The maximum atomic E-state index is 13.8. The number of methoxy groups -OCH3 is 1. The average Bonchev–Trinajstić information content (AvgIpc) is 3.36. The molecule has 0 fully saturated rings. The lowest BCUT2D eigenvalue weighted by Crippen LogP contribution is -2.13. The minimum Gasteiger partial charge on any atom is -0.493 e. The molecular weight excluding hydrogens is 533 g/mol. The van der Waals surface area contributed by atoms with Gasteiger partial charge in [0.1, 0.15) is 17.3 Å². The van der Waals surface area contributed by atoms with Crippen molar-refractivity contribution in [2.45, 2.75) is 40.3 Å². The first-order valence-electron chi connectivity index (χ1n) is 13.0. The third kappa shape index (κ3) is 4.71. The van der Waals surface area contributed by atoms with Crippen LogP contribution in [0.4, 0.5) is 4.39 Å². The maximum Gasteiger partial charge on any atom is 0.354 e. The van der Waals surface area contributed by atoms with E-state index in [1.165, 1.54) is 19.2 Å². The Morgan fingerprint density at radius 1 is 1.10 bits per heavy atom. The van der Waals surface area contributed by atoms with Crippen LogP contribution in [0.15, 0.2) is 42.5 Å². The minimum atomic E-state index is -0.450. The van der Waals surface area contributed by atoms with E-state index in [-0.39, 0.29) is 12.4 Å². The SMILES string of the molecule is COC(=O)c1c(C)c2c(-c3c(C)nn(C)c3CO)c(Cl)ccc2n1CCCOc1cc(C)cc2cc(F)ccc12. The molecule has 9 heteroatoms. The zero-order chi connectivity index (χ0) is 28.7. The molecule has 0 amide bonds. The number of ether oxygens (including phenoxy) is 2. The second-order valence-electron chi connectivity index (χ2n) is 9.95. The van der Waals surface area contributed by atoms with Gasteiger partial charge in [0, 0.05) is 46.0 Å². The van der Waals surface area contributed by atoms with E-state index in [9.17, 15) is 14.3 Å². The zero-order valence-corrected chi connectivity index (χ0v) is 23.9. The number of halogens is 2. The molecule has 2 aromatic heterocycles. The van der Waals surface area contributed by atoms with Crippen LogP contribution in [-0.2, 0) is 24.9 Å². The third-order valence-corrected chi connectivity index (χ3v) is 7.66. The molecule has 0 bridgehead atoms. The highest BCUT2D eigenvalue weighted by atomic mass is 35.5. The molecule has 3 aromatic carbocycles. The van der Waals surface area contributed by atoms with Crippen molar-refractivity contribution in [2.75, 3.05) is 13.7 Å². The number of aromatic nitrogens is 3. The molecule has 0 saturated carbocycles. The maximum absolute atomic E-state index is 13.8. The first kappa shape index (κ1) is 27.7. The van der Waals surface area contributed by atoms with Crippen LogP contribution < -0.4 is 4.74 Å². The fraction of sp³-hybridized carbons (Fsp3) is 0.290. The first-order valence-corrected chi connectivity index (χ1v) is 13.4. The Labute approximate surface area is 236 Å². The normalized spacial score (nSPS) is 11.5. The number of esters is 1. The van der Waals surface area contributed by atoms with Crippen LogP contribution >= 0.6 is 11.6 Å². The van der Waals surface area contributed by atoms with Crippen LogP contribution in [0, 0.1) is 26.6 Å². The van der Waals surface area contributed by atoms with Gasteiger partial charge in [-0.05, 0) is 80.1 Å². The Balaban J connectivity index is 1.53. The van der Waals surface area contributed by atoms with Crippen molar-refractivity contribution in [1.82, 2.24) is 14.3 Å². The van der Waals surface area contributed by atoms with Crippen LogP contribution in [-0.4, -0.2) is 39.1 Å². The van der Waals surface area contributed by atoms with Gasteiger partial charge in [-0.3, -0.25) is 4.68 Å². The van der Waals surface area contributed by atoms with Crippen LogP contribution in [0.5, 0.6) is 5.75 Å². The Morgan fingerprint density at radius 3 is 2.60 bits per heavy atom. The van der Waals surface area contributed by atoms with Gasteiger partial charge in [-0.15, -0.1) is 0 Å². The van der Waals surface area contributed by atoms with Crippen molar-refractivity contribution in [3.63, 3.8) is 0 Å². The van der Waals surface area contributed by atoms with E-state index >= 15 is 0 Å². The van der Waals surface area contributed by atoms with Crippen LogP contribution in [0.25, 0.3) is 32.8 Å². The van der Waals surface area contributed by atoms with E-state index in [1.54, 1.807) is 23.9 Å². The predicted octanol–water partition coefficient (Wildman–Crippen LogP) is 6.66. The van der Waals surface area contributed by atoms with E-state index < -0.39 is 5.97 Å². The van der Waals surface area contributed by atoms with Gasteiger partial charge in [0.05, 0.1) is 31.7 Å². The molecule has 40 heavy (non-hydrogen) atoms. The standard InChI is InChI=1S/C31H31ClFN3O4/c1-17-13-20-15-21(33)7-8-22(20)26(14-17)40-12-6-11-36-24-10-9-23(32)29(27(24)18(2)30(36)31(38)39-5)28-19(3)34-35(4)25(28)16-37/h7-10,13-15,37H,6,11-12,16H2,1-5H3. The monoisotopic (exact) mass is 563 g/mol. The molecule has 0 saturated heterocycles. The van der Waals surface area contributed by atoms with E-state index in [4.69, 9.17) is 21.1 Å². The summed E-state index contributed by atoms with van der Waals surface area (Å²) in [5, 5.41) is 17.6. The third-order valence-electron chi connectivity index (χ3n) is 7.35. The van der Waals surface area contributed by atoms with Gasteiger partial charge in [0.2, 0.25) is 0 Å². The molecule has 0 aliphatic carbocycles. The van der Waals surface area contributed by atoms with Gasteiger partial charge < -0.3 is 19.1 Å². The average molecular weight is 564 g/mol. The minimum absolute atomic E-state index is 0.208. The van der Waals surface area contributed by atoms with Crippen molar-refractivity contribution >= 4 is 39.2 Å². The molecule has 0 aliphatic heterocycles. The molecule has 7 nitrogen and oxygen atoms in total. The van der Waals surface area contributed by atoms with Crippen molar-refractivity contribution in [3.05, 3.63) is 81.5 Å². The number of aryl methyl sites for hydroxylation is 5. The number of fused-ring (bicyclic) bond motifs is 2. The van der Waals surface area contributed by atoms with E-state index in [1.807, 2.05) is 43.5 Å². The van der Waals surface area contributed by atoms with Crippen LogP contribution in [0.3, 0.4) is 0 Å². The van der Waals surface area contributed by atoms with Gasteiger partial charge in [0.15, 0.2) is 0 Å². The largest absolute Gasteiger partial charge is 0.493 e.